The molecule has 95 valence electrons. The van der Waals surface area contributed by atoms with Gasteiger partial charge in [-0.3, -0.25) is 0 Å². The van der Waals surface area contributed by atoms with Crippen LogP contribution in [-0.2, 0) is 31.1 Å². The predicted octanol–water partition coefficient (Wildman–Crippen LogP) is 3.46. The van der Waals surface area contributed by atoms with Crippen molar-refractivity contribution < 1.29 is 31.1 Å². The van der Waals surface area contributed by atoms with E-state index in [0.717, 1.165) is 0 Å². The summed E-state index contributed by atoms with van der Waals surface area (Å²) in [7, 11) is -2.91. The van der Waals surface area contributed by atoms with Gasteiger partial charge in [0.15, 0.2) is 0 Å². The van der Waals surface area contributed by atoms with Crippen molar-refractivity contribution in [2.45, 2.75) is 37.9 Å². The molecule has 0 N–H and O–H groups in total. The number of hydrogen-bond donors (Lipinski definition) is 0. The van der Waals surface area contributed by atoms with Gasteiger partial charge < -0.3 is 0 Å². The molecule has 0 bridgehead atoms. The fourth-order valence-electron chi connectivity index (χ4n) is 1.06. The van der Waals surface area contributed by atoms with Crippen molar-refractivity contribution in [1.29, 1.82) is 0 Å². The van der Waals surface area contributed by atoms with Crippen LogP contribution in [0.4, 0.5) is 0 Å². The first-order valence-corrected chi connectivity index (χ1v) is 8.80. The Bertz CT molecular complexity index is 222. The van der Waals surface area contributed by atoms with E-state index < -0.39 is 21.2 Å². The Morgan fingerprint density at radius 1 is 1.13 bits per heavy atom. The van der Waals surface area contributed by atoms with Crippen LogP contribution in [0.15, 0.2) is 0 Å². The van der Waals surface area contributed by atoms with Crippen molar-refractivity contribution in [3.8, 4) is 0 Å². The van der Waals surface area contributed by atoms with Gasteiger partial charge in [-0.05, 0) is 0 Å². The molecule has 0 aromatic rings. The van der Waals surface area contributed by atoms with Crippen LogP contribution < -0.4 is 0 Å². The second kappa shape index (κ2) is 8.59. The van der Waals surface area contributed by atoms with E-state index in [-0.39, 0.29) is 0 Å². The second-order valence-electron chi connectivity index (χ2n) is 2.79. The van der Waals surface area contributed by atoms with Crippen molar-refractivity contribution in [3.63, 3.8) is 0 Å². The summed E-state index contributed by atoms with van der Waals surface area (Å²) in [5, 5.41) is 1.29. The first-order chi connectivity index (χ1) is 7.08. The van der Waals surface area contributed by atoms with Crippen LogP contribution in [0.1, 0.15) is 27.2 Å². The Morgan fingerprint density at radius 3 is 2.07 bits per heavy atom. The second-order valence-corrected chi connectivity index (χ2v) is 7.35. The Morgan fingerprint density at radius 2 is 1.67 bits per heavy atom. The minimum absolute atomic E-state index is 0.370. The first kappa shape index (κ1) is 15.5. The normalized spacial score (nSPS) is 12.9. The maximum absolute atomic E-state index is 11.9. The molecule has 0 aliphatic heterocycles. The summed E-state index contributed by atoms with van der Waals surface area (Å²) in [6.07, 6.45) is 1.01. The third kappa shape index (κ3) is 7.36. The minimum atomic E-state index is -2.91. The molecule has 4 nitrogen and oxygen atoms in total. The monoisotopic (exact) mass is 283 g/mol. The molecule has 0 rings (SSSR count). The predicted molar refractivity (Wildman–Crippen MR) is 56.3 cm³/mol. The molecule has 0 heterocycles. The Kier molecular flexibility index (Phi) is 8.85. The Labute approximate surface area is 96.2 Å². The fraction of sp³-hybridized carbons (Fsp3) is 1.00. The van der Waals surface area contributed by atoms with E-state index in [2.05, 4.69) is 0 Å². The van der Waals surface area contributed by atoms with E-state index >= 15 is 0 Å². The SMILES string of the molecule is CCOP(=O)(CC[CH2][Co](=[O])[CH2]C)OCC. The molecule has 0 saturated heterocycles. The third-order valence-corrected chi connectivity index (χ3v) is 5.59. The first-order valence-electron chi connectivity index (χ1n) is 5.17. The molecule has 0 aliphatic carbocycles. The average Bonchev–Trinajstić information content (AvgIpc) is 2.18. The molecule has 0 unspecified atom stereocenters. The quantitative estimate of drug-likeness (QED) is 0.608. The van der Waals surface area contributed by atoms with E-state index in [1.54, 1.807) is 13.8 Å². The molecule has 0 aliphatic rings. The fourth-order valence-corrected chi connectivity index (χ4v) is 3.94. The molecule has 0 aromatic carbocycles. The number of rotatable bonds is 9. The van der Waals surface area contributed by atoms with Crippen molar-refractivity contribution in [1.82, 2.24) is 0 Å². The van der Waals surface area contributed by atoms with Crippen molar-refractivity contribution in [3.05, 3.63) is 0 Å². The van der Waals surface area contributed by atoms with Crippen LogP contribution in [-0.4, -0.2) is 19.4 Å². The average molecular weight is 283 g/mol. The molecular weight excluding hydrogens is 262 g/mol. The molecular formula is C9H21CoO4P. The summed E-state index contributed by atoms with van der Waals surface area (Å²) >= 11 is -1.11. The maximum atomic E-state index is 11.9. The molecule has 0 saturated carbocycles. The third-order valence-electron chi connectivity index (χ3n) is 1.65. The summed E-state index contributed by atoms with van der Waals surface area (Å²) in [6, 6.07) is 0. The van der Waals surface area contributed by atoms with Gasteiger partial charge in [0.05, 0.1) is 0 Å². The number of hydrogen-bond acceptors (Lipinski definition) is 4. The van der Waals surface area contributed by atoms with Gasteiger partial charge in [-0.1, -0.05) is 0 Å². The van der Waals surface area contributed by atoms with E-state index in [1.165, 1.54) is 0 Å². The summed E-state index contributed by atoms with van der Waals surface area (Å²) in [5.41, 5.74) is 0. The van der Waals surface area contributed by atoms with Crippen LogP contribution in [0.3, 0.4) is 0 Å². The molecule has 0 amide bonds. The van der Waals surface area contributed by atoms with Crippen LogP contribution in [0.25, 0.3) is 0 Å². The molecule has 6 heteroatoms. The zero-order valence-corrected chi connectivity index (χ0v) is 11.6. The molecule has 0 fully saturated rings. The molecule has 15 heavy (non-hydrogen) atoms. The van der Waals surface area contributed by atoms with Crippen LogP contribution >= 0.6 is 7.60 Å². The summed E-state index contributed by atoms with van der Waals surface area (Å²) in [6.45, 7) is 6.24. The van der Waals surface area contributed by atoms with Gasteiger partial charge in [0, 0.05) is 0 Å². The van der Waals surface area contributed by atoms with Crippen LogP contribution in [0.2, 0.25) is 10.7 Å². The van der Waals surface area contributed by atoms with Crippen molar-refractivity contribution in [2.75, 3.05) is 19.4 Å². The summed E-state index contributed by atoms with van der Waals surface area (Å²) in [4.78, 5) is 0. The zero-order valence-electron chi connectivity index (χ0n) is 9.66. The van der Waals surface area contributed by atoms with Gasteiger partial charge in [0.2, 0.25) is 0 Å². The molecule has 0 spiro atoms. The van der Waals surface area contributed by atoms with Gasteiger partial charge in [-0.2, -0.15) is 0 Å². The van der Waals surface area contributed by atoms with E-state index in [9.17, 15) is 8.43 Å². The van der Waals surface area contributed by atoms with Crippen molar-refractivity contribution in [2.24, 2.45) is 0 Å². The van der Waals surface area contributed by atoms with Crippen molar-refractivity contribution >= 4 is 7.60 Å². The molecule has 0 atom stereocenters. The summed E-state index contributed by atoms with van der Waals surface area (Å²) in [5.74, 6) is 0. The molecule has 0 aromatic heterocycles. The van der Waals surface area contributed by atoms with Gasteiger partial charge in [0.1, 0.15) is 0 Å². The van der Waals surface area contributed by atoms with Gasteiger partial charge >= 0.3 is 95.9 Å². The Balaban J connectivity index is 3.96. The van der Waals surface area contributed by atoms with E-state index in [0.29, 0.717) is 36.5 Å². The van der Waals surface area contributed by atoms with Crippen LogP contribution in [0, 0.1) is 0 Å². The summed E-state index contributed by atoms with van der Waals surface area (Å²) < 4.78 is 33.4. The van der Waals surface area contributed by atoms with Gasteiger partial charge in [0.25, 0.3) is 0 Å². The van der Waals surface area contributed by atoms with Gasteiger partial charge in [-0.25, -0.2) is 0 Å². The standard InChI is InChI=1S/C7H16O3P.C2H5.Co.O/c1-4-7-11(8,9-5-2)10-6-3;1-2;;/h1,4-7H2,2-3H3;1H2,2H3;;. The zero-order chi connectivity index (χ0) is 11.7. The van der Waals surface area contributed by atoms with Crippen LogP contribution in [0.5, 0.6) is 0 Å². The van der Waals surface area contributed by atoms with Gasteiger partial charge in [-0.15, -0.1) is 0 Å². The topological polar surface area (TPSA) is 52.6 Å². The molecule has 0 radical (unpaired) electrons. The Hall–Kier alpha value is 0.456. The van der Waals surface area contributed by atoms with E-state index in [1.807, 2.05) is 6.92 Å². The van der Waals surface area contributed by atoms with E-state index in [4.69, 9.17) is 9.05 Å².